The van der Waals surface area contributed by atoms with E-state index in [2.05, 4.69) is 27.5 Å². The van der Waals surface area contributed by atoms with Gasteiger partial charge in [0.15, 0.2) is 0 Å². The van der Waals surface area contributed by atoms with E-state index in [1.807, 2.05) is 0 Å². The quantitative estimate of drug-likeness (QED) is 0.861. The summed E-state index contributed by atoms with van der Waals surface area (Å²) in [6.45, 7) is 6.38. The molecule has 0 radical (unpaired) electrons. The zero-order chi connectivity index (χ0) is 15.2. The Morgan fingerprint density at radius 1 is 1.43 bits per heavy atom. The Morgan fingerprint density at radius 2 is 2.14 bits per heavy atom. The van der Waals surface area contributed by atoms with Crippen LogP contribution in [0.15, 0.2) is 5.38 Å². The predicted octanol–water partition coefficient (Wildman–Crippen LogP) is 1.35. The van der Waals surface area contributed by atoms with E-state index in [-0.39, 0.29) is 5.91 Å². The van der Waals surface area contributed by atoms with Crippen LogP contribution >= 0.6 is 11.3 Å². The fourth-order valence-corrected chi connectivity index (χ4v) is 3.45. The summed E-state index contributed by atoms with van der Waals surface area (Å²) in [6, 6.07) is 0.657. The molecule has 2 rings (SSSR count). The summed E-state index contributed by atoms with van der Waals surface area (Å²) in [7, 11) is 3.57. The number of piperidine rings is 1. The first kappa shape index (κ1) is 16.4. The van der Waals surface area contributed by atoms with Crippen molar-refractivity contribution in [2.75, 3.05) is 33.7 Å². The number of nitrogens with zero attached hydrogens (tertiary/aromatic N) is 3. The second-order valence-corrected chi connectivity index (χ2v) is 6.68. The Labute approximate surface area is 131 Å². The molecule has 21 heavy (non-hydrogen) atoms. The Bertz CT molecular complexity index is 454. The monoisotopic (exact) mass is 310 g/mol. The van der Waals surface area contributed by atoms with Gasteiger partial charge in [0, 0.05) is 32.1 Å². The van der Waals surface area contributed by atoms with Crippen molar-refractivity contribution in [3.63, 3.8) is 0 Å². The van der Waals surface area contributed by atoms with Crippen molar-refractivity contribution in [1.29, 1.82) is 0 Å². The molecule has 1 saturated heterocycles. The molecule has 1 amide bonds. The first-order chi connectivity index (χ1) is 10.1. The minimum atomic E-state index is 0.113. The van der Waals surface area contributed by atoms with E-state index >= 15 is 0 Å². The molecule has 2 heterocycles. The highest BCUT2D eigenvalue weighted by molar-refractivity contribution is 7.09. The van der Waals surface area contributed by atoms with E-state index in [1.54, 1.807) is 30.3 Å². The molecule has 5 nitrogen and oxygen atoms in total. The van der Waals surface area contributed by atoms with Crippen molar-refractivity contribution < 1.29 is 4.79 Å². The van der Waals surface area contributed by atoms with Crippen molar-refractivity contribution in [1.82, 2.24) is 20.1 Å². The van der Waals surface area contributed by atoms with Gasteiger partial charge >= 0.3 is 0 Å². The van der Waals surface area contributed by atoms with Gasteiger partial charge in [-0.3, -0.25) is 9.69 Å². The molecule has 0 aliphatic carbocycles. The van der Waals surface area contributed by atoms with Crippen molar-refractivity contribution in [2.24, 2.45) is 0 Å². The first-order valence-electron chi connectivity index (χ1n) is 7.68. The molecule has 0 atom stereocenters. The number of nitrogens with one attached hydrogen (secondary N) is 1. The Kier molecular flexibility index (Phi) is 6.14. The normalized spacial score (nSPS) is 16.4. The third kappa shape index (κ3) is 4.76. The van der Waals surface area contributed by atoms with Crippen LogP contribution in [0.3, 0.4) is 0 Å². The molecule has 1 aliphatic heterocycles. The average molecular weight is 310 g/mol. The van der Waals surface area contributed by atoms with Gasteiger partial charge in [0.25, 0.3) is 0 Å². The van der Waals surface area contributed by atoms with Gasteiger partial charge in [0.1, 0.15) is 5.01 Å². The minimum absolute atomic E-state index is 0.113. The maximum absolute atomic E-state index is 11.7. The molecular formula is C15H26N4OS. The average Bonchev–Trinajstić information content (AvgIpc) is 2.92. The fourth-order valence-electron chi connectivity index (χ4n) is 2.67. The molecule has 6 heteroatoms. The van der Waals surface area contributed by atoms with Crippen LogP contribution in [0.4, 0.5) is 0 Å². The van der Waals surface area contributed by atoms with Gasteiger partial charge < -0.3 is 10.2 Å². The summed E-state index contributed by atoms with van der Waals surface area (Å²) >= 11 is 1.60. The summed E-state index contributed by atoms with van der Waals surface area (Å²) in [5.74, 6) is 0.113. The zero-order valence-electron chi connectivity index (χ0n) is 13.3. The topological polar surface area (TPSA) is 48.5 Å². The Morgan fingerprint density at radius 3 is 2.76 bits per heavy atom. The number of amides is 1. The van der Waals surface area contributed by atoms with Crippen LogP contribution in [-0.2, 0) is 17.8 Å². The van der Waals surface area contributed by atoms with Gasteiger partial charge in [-0.25, -0.2) is 4.98 Å². The van der Waals surface area contributed by atoms with E-state index in [1.165, 1.54) is 12.8 Å². The van der Waals surface area contributed by atoms with E-state index < -0.39 is 0 Å². The first-order valence-corrected chi connectivity index (χ1v) is 8.56. The molecule has 1 fully saturated rings. The summed E-state index contributed by atoms with van der Waals surface area (Å²) < 4.78 is 0. The Hall–Kier alpha value is -0.980. The molecule has 0 bridgehead atoms. The second-order valence-electron chi connectivity index (χ2n) is 5.74. The summed E-state index contributed by atoms with van der Waals surface area (Å²) in [4.78, 5) is 20.5. The highest BCUT2D eigenvalue weighted by Crippen LogP contribution is 2.17. The predicted molar refractivity (Wildman–Crippen MR) is 86.5 cm³/mol. The number of aromatic nitrogens is 1. The van der Waals surface area contributed by atoms with Gasteiger partial charge in [-0.15, -0.1) is 11.3 Å². The van der Waals surface area contributed by atoms with Crippen LogP contribution < -0.4 is 5.32 Å². The van der Waals surface area contributed by atoms with Crippen LogP contribution in [-0.4, -0.2) is 60.5 Å². The number of carbonyl (C=O) groups excluding carboxylic acids is 1. The molecular weight excluding hydrogens is 284 g/mol. The maximum Gasteiger partial charge on any atom is 0.228 e. The number of hydrogen-bond acceptors (Lipinski definition) is 5. The molecule has 1 aromatic heterocycles. The third-order valence-electron chi connectivity index (χ3n) is 4.00. The highest BCUT2D eigenvalue weighted by atomic mass is 32.1. The number of thiazole rings is 1. The lowest BCUT2D eigenvalue weighted by Gasteiger charge is -2.33. The van der Waals surface area contributed by atoms with Crippen LogP contribution in [0.25, 0.3) is 0 Å². The molecule has 118 valence electrons. The molecule has 1 aliphatic rings. The smallest absolute Gasteiger partial charge is 0.228 e. The van der Waals surface area contributed by atoms with Crippen molar-refractivity contribution in [2.45, 2.75) is 38.8 Å². The molecule has 0 spiro atoms. The summed E-state index contributed by atoms with van der Waals surface area (Å²) in [5, 5.41) is 6.43. The van der Waals surface area contributed by atoms with Crippen LogP contribution in [0.1, 0.15) is 30.5 Å². The molecule has 1 aromatic rings. The number of likely N-dealkylation sites (N-methyl/N-ethyl adjacent to an activating group) is 1. The fraction of sp³-hybridized carbons (Fsp3) is 0.733. The van der Waals surface area contributed by atoms with E-state index in [0.717, 1.165) is 36.9 Å². The standard InChI is InChI=1S/C15H26N4OS/c1-4-19(13-5-7-16-8-6-13)10-12-11-21-14(17-12)9-15(20)18(2)3/h11,13,16H,4-10H2,1-3H3. The highest BCUT2D eigenvalue weighted by Gasteiger charge is 2.20. The van der Waals surface area contributed by atoms with Crippen LogP contribution in [0.5, 0.6) is 0 Å². The Balaban J connectivity index is 1.92. The summed E-state index contributed by atoms with van der Waals surface area (Å²) in [6.07, 6.45) is 2.84. The second kappa shape index (κ2) is 7.87. The maximum atomic E-state index is 11.7. The van der Waals surface area contributed by atoms with E-state index in [9.17, 15) is 4.79 Å². The number of hydrogen-bond donors (Lipinski definition) is 1. The van der Waals surface area contributed by atoms with E-state index in [4.69, 9.17) is 0 Å². The van der Waals surface area contributed by atoms with Crippen molar-refractivity contribution in [3.8, 4) is 0 Å². The number of carbonyl (C=O) groups is 1. The zero-order valence-corrected chi connectivity index (χ0v) is 14.1. The molecule has 0 unspecified atom stereocenters. The lowest BCUT2D eigenvalue weighted by atomic mass is 10.0. The van der Waals surface area contributed by atoms with Gasteiger partial charge in [-0.05, 0) is 32.5 Å². The molecule has 0 saturated carbocycles. The molecule has 0 aromatic carbocycles. The minimum Gasteiger partial charge on any atom is -0.348 e. The van der Waals surface area contributed by atoms with Gasteiger partial charge in [-0.1, -0.05) is 6.92 Å². The van der Waals surface area contributed by atoms with Crippen LogP contribution in [0, 0.1) is 0 Å². The summed E-state index contributed by atoms with van der Waals surface area (Å²) in [5.41, 5.74) is 1.10. The van der Waals surface area contributed by atoms with Gasteiger partial charge in [0.05, 0.1) is 12.1 Å². The van der Waals surface area contributed by atoms with Gasteiger partial charge in [-0.2, -0.15) is 0 Å². The van der Waals surface area contributed by atoms with Crippen molar-refractivity contribution >= 4 is 17.2 Å². The van der Waals surface area contributed by atoms with Crippen LogP contribution in [0.2, 0.25) is 0 Å². The largest absolute Gasteiger partial charge is 0.348 e. The van der Waals surface area contributed by atoms with E-state index in [0.29, 0.717) is 12.5 Å². The molecule has 1 N–H and O–H groups in total. The number of rotatable bonds is 6. The van der Waals surface area contributed by atoms with Crippen molar-refractivity contribution in [3.05, 3.63) is 16.1 Å². The lowest BCUT2D eigenvalue weighted by molar-refractivity contribution is -0.127. The van der Waals surface area contributed by atoms with Gasteiger partial charge in [0.2, 0.25) is 5.91 Å². The third-order valence-corrected chi connectivity index (χ3v) is 4.89. The SMILES string of the molecule is CCN(Cc1csc(CC(=O)N(C)C)n1)C1CCNCC1. The lowest BCUT2D eigenvalue weighted by Crippen LogP contribution is -2.42.